The fraction of sp³-hybridized carbons (Fsp3) is 0.250. The lowest BCUT2D eigenvalue weighted by Crippen LogP contribution is -2.31. The first kappa shape index (κ1) is 22.2. The van der Waals surface area contributed by atoms with Gasteiger partial charge < -0.3 is 4.42 Å². The second-order valence-electron chi connectivity index (χ2n) is 7.87. The number of fused-ring (bicyclic) bond motifs is 1. The van der Waals surface area contributed by atoms with Crippen LogP contribution in [0.2, 0.25) is 0 Å². The maximum Gasteiger partial charge on any atom is 0.230 e. The largest absolute Gasteiger partial charge is 0.467 e. The van der Waals surface area contributed by atoms with Crippen molar-refractivity contribution in [3.8, 4) is 0 Å². The normalized spacial score (nSPS) is 11.7. The Hall–Kier alpha value is -2.97. The first-order valence-corrected chi connectivity index (χ1v) is 12.7. The quantitative estimate of drug-likeness (QED) is 0.372. The second kappa shape index (κ2) is 8.88. The van der Waals surface area contributed by atoms with Gasteiger partial charge in [-0.15, -0.1) is 0 Å². The van der Waals surface area contributed by atoms with Gasteiger partial charge in [-0.1, -0.05) is 35.1 Å². The minimum Gasteiger partial charge on any atom is -0.467 e. The Kier molecular flexibility index (Phi) is 6.17. The molecule has 0 aliphatic heterocycles. The molecule has 0 bridgehead atoms. The second-order valence-corrected chi connectivity index (χ2v) is 11.0. The summed E-state index contributed by atoms with van der Waals surface area (Å²) in [5, 5.41) is 0.530. The zero-order valence-corrected chi connectivity index (χ0v) is 19.8. The monoisotopic (exact) mass is 468 g/mol. The van der Waals surface area contributed by atoms with E-state index >= 15 is 0 Å². The van der Waals surface area contributed by atoms with Crippen LogP contribution in [0.4, 0.5) is 5.13 Å². The lowest BCUT2D eigenvalue weighted by molar-refractivity contribution is -0.118. The first-order chi connectivity index (χ1) is 15.2. The summed E-state index contributed by atoms with van der Waals surface area (Å²) in [6.07, 6.45) is 1.40. The molecule has 166 valence electrons. The molecule has 0 aliphatic carbocycles. The van der Waals surface area contributed by atoms with Gasteiger partial charge in [0.05, 0.1) is 33.7 Å². The molecule has 0 unspecified atom stereocenters. The molecular formula is C24H24N2O4S2. The van der Waals surface area contributed by atoms with Crippen LogP contribution in [0.1, 0.15) is 28.9 Å². The van der Waals surface area contributed by atoms with Gasteiger partial charge in [-0.3, -0.25) is 9.69 Å². The van der Waals surface area contributed by atoms with Crippen molar-refractivity contribution in [1.82, 2.24) is 4.98 Å². The fourth-order valence-corrected chi connectivity index (χ4v) is 5.90. The highest BCUT2D eigenvalue weighted by Gasteiger charge is 2.24. The number of carbonyl (C=O) groups excluding carboxylic acids is 1. The van der Waals surface area contributed by atoms with Gasteiger partial charge in [0, 0.05) is 6.42 Å². The number of anilines is 1. The Balaban J connectivity index is 1.61. The zero-order valence-electron chi connectivity index (χ0n) is 18.2. The summed E-state index contributed by atoms with van der Waals surface area (Å²) in [6, 6.07) is 14.3. The fourth-order valence-electron chi connectivity index (χ4n) is 3.52. The maximum atomic E-state index is 13.2. The molecular weight excluding hydrogens is 444 g/mol. The van der Waals surface area contributed by atoms with Gasteiger partial charge in [0.25, 0.3) is 0 Å². The Morgan fingerprint density at radius 1 is 1.06 bits per heavy atom. The Labute approximate surface area is 191 Å². The molecule has 0 saturated carbocycles. The predicted molar refractivity (Wildman–Crippen MR) is 127 cm³/mol. The van der Waals surface area contributed by atoms with Crippen molar-refractivity contribution in [1.29, 1.82) is 0 Å². The van der Waals surface area contributed by atoms with Crippen molar-refractivity contribution >= 4 is 42.4 Å². The summed E-state index contributed by atoms with van der Waals surface area (Å²) in [5.74, 6) is 0.0180. The summed E-state index contributed by atoms with van der Waals surface area (Å²) in [5.41, 5.74) is 3.99. The van der Waals surface area contributed by atoms with E-state index in [0.29, 0.717) is 10.9 Å². The molecule has 1 amide bonds. The van der Waals surface area contributed by atoms with E-state index in [-0.39, 0.29) is 29.5 Å². The van der Waals surface area contributed by atoms with Crippen LogP contribution in [-0.4, -0.2) is 25.1 Å². The molecule has 2 aromatic carbocycles. The summed E-state index contributed by atoms with van der Waals surface area (Å²) in [7, 11) is -3.57. The van der Waals surface area contributed by atoms with Gasteiger partial charge in [0.1, 0.15) is 5.76 Å². The lowest BCUT2D eigenvalue weighted by Gasteiger charge is -2.18. The molecule has 0 atom stereocenters. The first-order valence-electron chi connectivity index (χ1n) is 10.2. The zero-order chi connectivity index (χ0) is 22.9. The molecule has 0 saturated heterocycles. The van der Waals surface area contributed by atoms with Crippen molar-refractivity contribution in [3.63, 3.8) is 0 Å². The van der Waals surface area contributed by atoms with Crippen LogP contribution in [-0.2, 0) is 21.2 Å². The van der Waals surface area contributed by atoms with E-state index in [1.165, 1.54) is 16.2 Å². The third-order valence-corrected chi connectivity index (χ3v) is 7.97. The number of carbonyl (C=O) groups is 1. The minimum absolute atomic E-state index is 0.148. The molecule has 4 aromatic rings. The van der Waals surface area contributed by atoms with Crippen LogP contribution in [0.3, 0.4) is 0 Å². The third-order valence-electron chi connectivity index (χ3n) is 5.21. The SMILES string of the molecule is Cc1ccc(S(=O)(=O)CCC(=O)N(Cc2ccco2)c2nc3c(C)cc(C)cc3s2)cc1. The maximum absolute atomic E-state index is 13.2. The summed E-state index contributed by atoms with van der Waals surface area (Å²) >= 11 is 1.42. The number of hydrogen-bond donors (Lipinski definition) is 0. The van der Waals surface area contributed by atoms with Crippen LogP contribution in [0.25, 0.3) is 10.2 Å². The smallest absolute Gasteiger partial charge is 0.230 e. The Morgan fingerprint density at radius 3 is 2.50 bits per heavy atom. The molecule has 8 heteroatoms. The molecule has 32 heavy (non-hydrogen) atoms. The van der Waals surface area contributed by atoms with E-state index in [0.717, 1.165) is 26.9 Å². The van der Waals surface area contributed by atoms with Gasteiger partial charge in [0.15, 0.2) is 15.0 Å². The van der Waals surface area contributed by atoms with Gasteiger partial charge in [0.2, 0.25) is 5.91 Å². The molecule has 0 spiro atoms. The number of nitrogens with zero attached hydrogens (tertiary/aromatic N) is 2. The van der Waals surface area contributed by atoms with Crippen LogP contribution in [0.5, 0.6) is 0 Å². The Bertz CT molecular complexity index is 1360. The van der Waals surface area contributed by atoms with Crippen molar-refractivity contribution in [3.05, 3.63) is 77.2 Å². The Morgan fingerprint density at radius 2 is 1.81 bits per heavy atom. The molecule has 0 N–H and O–H groups in total. The van der Waals surface area contributed by atoms with Crippen molar-refractivity contribution in [2.75, 3.05) is 10.7 Å². The van der Waals surface area contributed by atoms with Crippen LogP contribution >= 0.6 is 11.3 Å². The number of hydrogen-bond acceptors (Lipinski definition) is 6. The standard InChI is InChI=1S/C24H24N2O4S2/c1-16-6-8-20(9-7-16)32(28,29)12-10-22(27)26(15-19-5-4-11-30-19)24-25-23-18(3)13-17(2)14-21(23)31-24/h4-9,11,13-14H,10,12,15H2,1-3H3. The summed E-state index contributed by atoms with van der Waals surface area (Å²) in [4.78, 5) is 19.7. The number of furan rings is 1. The van der Waals surface area contributed by atoms with Crippen molar-refractivity contribution < 1.29 is 17.6 Å². The molecule has 2 aromatic heterocycles. The van der Waals surface area contributed by atoms with Crippen LogP contribution in [0, 0.1) is 20.8 Å². The molecule has 2 heterocycles. The summed E-state index contributed by atoms with van der Waals surface area (Å²) in [6.45, 7) is 6.10. The number of aromatic nitrogens is 1. The van der Waals surface area contributed by atoms with Crippen molar-refractivity contribution in [2.24, 2.45) is 0 Å². The third kappa shape index (κ3) is 4.76. The molecule has 0 fully saturated rings. The molecule has 4 rings (SSSR count). The summed E-state index contributed by atoms with van der Waals surface area (Å²) < 4.78 is 31.9. The van der Waals surface area contributed by atoms with Crippen LogP contribution in [0.15, 0.2) is 64.1 Å². The highest BCUT2D eigenvalue weighted by Crippen LogP contribution is 2.33. The van der Waals surface area contributed by atoms with E-state index in [9.17, 15) is 13.2 Å². The average molecular weight is 469 g/mol. The minimum atomic E-state index is -3.57. The molecule has 6 nitrogen and oxygen atoms in total. The highest BCUT2D eigenvalue weighted by molar-refractivity contribution is 7.91. The van der Waals surface area contributed by atoms with Gasteiger partial charge >= 0.3 is 0 Å². The van der Waals surface area contributed by atoms with E-state index in [1.807, 2.05) is 26.8 Å². The lowest BCUT2D eigenvalue weighted by atomic mass is 10.1. The number of amides is 1. The van der Waals surface area contributed by atoms with E-state index < -0.39 is 9.84 Å². The molecule has 0 radical (unpaired) electrons. The van der Waals surface area contributed by atoms with Gasteiger partial charge in [-0.2, -0.15) is 0 Å². The highest BCUT2D eigenvalue weighted by atomic mass is 32.2. The number of sulfone groups is 1. The molecule has 0 aliphatic rings. The van der Waals surface area contributed by atoms with E-state index in [4.69, 9.17) is 9.40 Å². The van der Waals surface area contributed by atoms with Gasteiger partial charge in [-0.05, 0) is 62.2 Å². The number of benzene rings is 2. The average Bonchev–Trinajstić information content (AvgIpc) is 3.40. The predicted octanol–water partition coefficient (Wildman–Crippen LogP) is 5.21. The van der Waals surface area contributed by atoms with Crippen LogP contribution < -0.4 is 4.90 Å². The number of thiazole rings is 1. The van der Waals surface area contributed by atoms with Gasteiger partial charge in [-0.25, -0.2) is 13.4 Å². The topological polar surface area (TPSA) is 80.5 Å². The van der Waals surface area contributed by atoms with E-state index in [2.05, 4.69) is 6.07 Å². The van der Waals surface area contributed by atoms with Crippen molar-refractivity contribution in [2.45, 2.75) is 38.6 Å². The van der Waals surface area contributed by atoms with E-state index in [1.54, 1.807) is 42.7 Å². The number of rotatable bonds is 7. The number of aryl methyl sites for hydroxylation is 3.